The summed E-state index contributed by atoms with van der Waals surface area (Å²) in [6.07, 6.45) is -11.7. The first kappa shape index (κ1) is 33.0. The van der Waals surface area contributed by atoms with Crippen molar-refractivity contribution in [2.75, 3.05) is 18.1 Å². The molecule has 1 saturated carbocycles. The largest absolute Gasteiger partial charge is 0.394 e. The first-order valence-electron chi connectivity index (χ1n) is 13.8. The van der Waals surface area contributed by atoms with Crippen LogP contribution in [-0.4, -0.2) is 131 Å². The fourth-order valence-corrected chi connectivity index (χ4v) is 7.70. The molecule has 0 spiro atoms. The van der Waals surface area contributed by atoms with Gasteiger partial charge >= 0.3 is 0 Å². The molecule has 230 valence electrons. The number of ether oxygens (including phenoxy) is 4. The number of sulfone groups is 1. The van der Waals surface area contributed by atoms with E-state index in [-0.39, 0.29) is 23.8 Å². The van der Waals surface area contributed by atoms with Crippen LogP contribution in [0.25, 0.3) is 0 Å². The molecule has 1 unspecified atom stereocenters. The standard InChI is InChI=1S/C25H47NO12S/c1-5-7-39(33,34)10-13-8-11(3)22(37-24-12(4)17(28)19(30)14(6-2)35-24)21(32)23(13)38-25-20(31)16(26)18(29)15(9-27)36-25/h11-25,27-32H,5-10,26H2,1-4H3/t11-,12+,13-,14+,15+,16-,17+,18+,19+,20+,21-,22?,23-,24+,25+/m0/s1. The summed E-state index contributed by atoms with van der Waals surface area (Å²) in [5.74, 6) is -2.00. The van der Waals surface area contributed by atoms with Gasteiger partial charge in [-0.25, -0.2) is 8.42 Å². The van der Waals surface area contributed by atoms with Crippen molar-refractivity contribution in [3.8, 4) is 0 Å². The maximum Gasteiger partial charge on any atom is 0.186 e. The third-order valence-electron chi connectivity index (χ3n) is 8.29. The minimum absolute atomic E-state index is 0.0428. The zero-order valence-corrected chi connectivity index (χ0v) is 23.8. The molecule has 2 heterocycles. The third kappa shape index (κ3) is 7.30. The second kappa shape index (κ2) is 13.7. The number of aliphatic hydroxyl groups excluding tert-OH is 6. The van der Waals surface area contributed by atoms with Gasteiger partial charge in [-0.15, -0.1) is 0 Å². The van der Waals surface area contributed by atoms with Crippen molar-refractivity contribution in [3.63, 3.8) is 0 Å². The van der Waals surface area contributed by atoms with E-state index >= 15 is 0 Å². The van der Waals surface area contributed by atoms with Crippen LogP contribution in [0.4, 0.5) is 0 Å². The number of rotatable bonds is 10. The lowest BCUT2D eigenvalue weighted by Crippen LogP contribution is -2.65. The second-order valence-corrected chi connectivity index (χ2v) is 13.6. The van der Waals surface area contributed by atoms with Crippen LogP contribution >= 0.6 is 0 Å². The number of nitrogens with two attached hydrogens (primary N) is 1. The molecule has 2 aliphatic heterocycles. The fraction of sp³-hybridized carbons (Fsp3) is 1.00. The molecule has 0 aromatic carbocycles. The van der Waals surface area contributed by atoms with E-state index in [1.165, 1.54) is 0 Å². The Morgan fingerprint density at radius 3 is 2.05 bits per heavy atom. The van der Waals surface area contributed by atoms with Crippen LogP contribution in [0.2, 0.25) is 0 Å². The summed E-state index contributed by atoms with van der Waals surface area (Å²) in [5.41, 5.74) is 5.92. The van der Waals surface area contributed by atoms with Crippen molar-refractivity contribution in [1.82, 2.24) is 0 Å². The fourth-order valence-electron chi connectivity index (χ4n) is 5.94. The Balaban J connectivity index is 1.87. The summed E-state index contributed by atoms with van der Waals surface area (Å²) >= 11 is 0. The molecule has 0 radical (unpaired) electrons. The van der Waals surface area contributed by atoms with E-state index in [9.17, 15) is 39.1 Å². The highest BCUT2D eigenvalue weighted by atomic mass is 32.2. The van der Waals surface area contributed by atoms with Gasteiger partial charge in [0.1, 0.15) is 30.5 Å². The topological polar surface area (TPSA) is 218 Å². The van der Waals surface area contributed by atoms with Gasteiger partial charge in [0.2, 0.25) is 0 Å². The van der Waals surface area contributed by atoms with Gasteiger partial charge in [0.15, 0.2) is 22.4 Å². The van der Waals surface area contributed by atoms with Crippen molar-refractivity contribution >= 4 is 9.84 Å². The molecule has 3 rings (SSSR count). The maximum absolute atomic E-state index is 12.8. The summed E-state index contributed by atoms with van der Waals surface area (Å²) in [6, 6.07) is -1.22. The van der Waals surface area contributed by atoms with Gasteiger partial charge in [0, 0.05) is 17.6 Å². The molecule has 0 amide bonds. The van der Waals surface area contributed by atoms with E-state index in [0.29, 0.717) is 12.8 Å². The van der Waals surface area contributed by atoms with Gasteiger partial charge in [0.05, 0.1) is 42.8 Å². The predicted octanol–water partition coefficient (Wildman–Crippen LogP) is -2.14. The van der Waals surface area contributed by atoms with Crippen LogP contribution < -0.4 is 5.73 Å². The monoisotopic (exact) mass is 585 g/mol. The molecule has 0 bridgehead atoms. The molecule has 3 fully saturated rings. The molecule has 0 aromatic rings. The van der Waals surface area contributed by atoms with Crippen molar-refractivity contribution in [2.45, 2.75) is 121 Å². The molecule has 8 N–H and O–H groups in total. The first-order chi connectivity index (χ1) is 18.3. The Bertz CT molecular complexity index is 875. The average molecular weight is 586 g/mol. The lowest BCUT2D eigenvalue weighted by molar-refractivity contribution is -0.331. The van der Waals surface area contributed by atoms with E-state index in [1.54, 1.807) is 27.7 Å². The van der Waals surface area contributed by atoms with E-state index < -0.39 is 102 Å². The van der Waals surface area contributed by atoms with E-state index in [1.807, 2.05) is 0 Å². The molecule has 14 heteroatoms. The highest BCUT2D eigenvalue weighted by Crippen LogP contribution is 2.39. The molecule has 1 aliphatic carbocycles. The van der Waals surface area contributed by atoms with Gasteiger partial charge in [-0.2, -0.15) is 0 Å². The van der Waals surface area contributed by atoms with E-state index in [0.717, 1.165) is 0 Å². The van der Waals surface area contributed by atoms with Crippen LogP contribution in [0.5, 0.6) is 0 Å². The van der Waals surface area contributed by atoms with Crippen molar-refractivity contribution in [1.29, 1.82) is 0 Å². The molecular formula is C25H47NO12S. The summed E-state index contributed by atoms with van der Waals surface area (Å²) < 4.78 is 49.2. The number of hydrogen-bond donors (Lipinski definition) is 7. The predicted molar refractivity (Wildman–Crippen MR) is 138 cm³/mol. The first-order valence-corrected chi connectivity index (χ1v) is 15.7. The zero-order valence-electron chi connectivity index (χ0n) is 23.0. The van der Waals surface area contributed by atoms with E-state index in [2.05, 4.69) is 0 Å². The Morgan fingerprint density at radius 2 is 1.46 bits per heavy atom. The SMILES string of the molecule is CCCS(=O)(=O)C[C@@H]1C[C@H](C)C(O[C@H]2O[C@H](CC)[C@@H](O)[C@H](O)[C@H]2C)[C@H](O)[C@H]1O[C@H]1O[C@H](CO)[C@@H](O)[C@H](N)[C@H]1O. The maximum atomic E-state index is 12.8. The lowest BCUT2D eigenvalue weighted by atomic mass is 9.77. The van der Waals surface area contributed by atoms with Gasteiger partial charge in [-0.1, -0.05) is 27.7 Å². The van der Waals surface area contributed by atoms with Crippen LogP contribution in [0, 0.1) is 17.8 Å². The number of hydrogen-bond acceptors (Lipinski definition) is 13. The van der Waals surface area contributed by atoms with Crippen LogP contribution in [-0.2, 0) is 28.8 Å². The molecule has 13 nitrogen and oxygen atoms in total. The third-order valence-corrected chi connectivity index (χ3v) is 10.3. The van der Waals surface area contributed by atoms with Crippen molar-refractivity contribution in [2.24, 2.45) is 23.5 Å². The Labute approximate surface area is 230 Å². The highest BCUT2D eigenvalue weighted by Gasteiger charge is 2.52. The summed E-state index contributed by atoms with van der Waals surface area (Å²) in [4.78, 5) is 0. The van der Waals surface area contributed by atoms with Gasteiger partial charge < -0.3 is 55.3 Å². The van der Waals surface area contributed by atoms with Crippen LogP contribution in [0.3, 0.4) is 0 Å². The smallest absolute Gasteiger partial charge is 0.186 e. The minimum atomic E-state index is -3.50. The minimum Gasteiger partial charge on any atom is -0.394 e. The Morgan fingerprint density at radius 1 is 0.846 bits per heavy atom. The Kier molecular flexibility index (Phi) is 11.6. The lowest BCUT2D eigenvalue weighted by Gasteiger charge is -2.49. The van der Waals surface area contributed by atoms with Crippen molar-refractivity contribution in [3.05, 3.63) is 0 Å². The molecule has 3 aliphatic rings. The number of aliphatic hydroxyl groups is 6. The summed E-state index contributed by atoms with van der Waals surface area (Å²) in [7, 11) is -3.50. The normalized spacial score (nSPS) is 47.7. The highest BCUT2D eigenvalue weighted by molar-refractivity contribution is 7.91. The van der Waals surface area contributed by atoms with E-state index in [4.69, 9.17) is 24.7 Å². The Hall–Kier alpha value is -0.490. The van der Waals surface area contributed by atoms with Gasteiger partial charge in [-0.05, 0) is 25.2 Å². The second-order valence-electron chi connectivity index (χ2n) is 11.4. The average Bonchev–Trinajstić information content (AvgIpc) is 2.88. The van der Waals surface area contributed by atoms with Crippen LogP contribution in [0.1, 0.15) is 47.0 Å². The molecule has 15 atom stereocenters. The van der Waals surface area contributed by atoms with Crippen LogP contribution in [0.15, 0.2) is 0 Å². The van der Waals surface area contributed by atoms with Gasteiger partial charge in [0.25, 0.3) is 0 Å². The molecule has 39 heavy (non-hydrogen) atoms. The molecular weight excluding hydrogens is 538 g/mol. The zero-order chi connectivity index (χ0) is 29.2. The molecule has 0 aromatic heterocycles. The quantitative estimate of drug-likeness (QED) is 0.146. The summed E-state index contributed by atoms with van der Waals surface area (Å²) in [5, 5.41) is 62.8. The summed E-state index contributed by atoms with van der Waals surface area (Å²) in [6.45, 7) is 6.41. The van der Waals surface area contributed by atoms with Crippen molar-refractivity contribution < 1.29 is 58.0 Å². The molecule has 2 saturated heterocycles. The van der Waals surface area contributed by atoms with Gasteiger partial charge in [-0.3, -0.25) is 0 Å².